The summed E-state index contributed by atoms with van der Waals surface area (Å²) >= 11 is 5.90. The van der Waals surface area contributed by atoms with Gasteiger partial charge in [0, 0.05) is 31.0 Å². The van der Waals surface area contributed by atoms with Crippen molar-refractivity contribution in [1.82, 2.24) is 4.98 Å². The van der Waals surface area contributed by atoms with Gasteiger partial charge in [0.1, 0.15) is 5.15 Å². The highest BCUT2D eigenvalue weighted by atomic mass is 35.5. The van der Waals surface area contributed by atoms with E-state index in [0.717, 1.165) is 37.3 Å². The molecule has 0 saturated carbocycles. The van der Waals surface area contributed by atoms with E-state index in [-0.39, 0.29) is 11.9 Å². The predicted molar refractivity (Wildman–Crippen MR) is 64.3 cm³/mol. The van der Waals surface area contributed by atoms with E-state index in [1.54, 1.807) is 12.3 Å². The van der Waals surface area contributed by atoms with Gasteiger partial charge in [-0.1, -0.05) is 11.6 Å². The predicted octanol–water partition coefficient (Wildman–Crippen LogP) is 1.80. The number of ether oxygens (including phenoxy) is 1. The number of aromatic nitrogens is 1. The molecular formula is C12H13ClN2O2. The zero-order valence-corrected chi connectivity index (χ0v) is 10.1. The van der Waals surface area contributed by atoms with Crippen molar-refractivity contribution < 1.29 is 9.53 Å². The molecule has 1 fully saturated rings. The van der Waals surface area contributed by atoms with Gasteiger partial charge in [-0.2, -0.15) is 0 Å². The minimum atomic E-state index is 0.149. The molecule has 1 saturated heterocycles. The molecule has 0 unspecified atom stereocenters. The van der Waals surface area contributed by atoms with Gasteiger partial charge in [0.05, 0.1) is 12.1 Å². The van der Waals surface area contributed by atoms with E-state index >= 15 is 0 Å². The Labute approximate surface area is 105 Å². The fourth-order valence-corrected chi connectivity index (χ4v) is 2.69. The van der Waals surface area contributed by atoms with Crippen LogP contribution in [0.3, 0.4) is 0 Å². The second kappa shape index (κ2) is 4.27. The molecular weight excluding hydrogens is 240 g/mol. The zero-order valence-electron chi connectivity index (χ0n) is 9.36. The van der Waals surface area contributed by atoms with Crippen molar-refractivity contribution in [3.8, 4) is 0 Å². The number of pyridine rings is 1. The molecule has 5 heteroatoms. The summed E-state index contributed by atoms with van der Waals surface area (Å²) in [6.45, 7) is 1.45. The first-order chi connectivity index (χ1) is 8.25. The molecule has 2 aliphatic rings. The Morgan fingerprint density at radius 3 is 2.94 bits per heavy atom. The zero-order chi connectivity index (χ0) is 11.8. The van der Waals surface area contributed by atoms with Crippen molar-refractivity contribution in [2.24, 2.45) is 0 Å². The molecule has 0 bridgehead atoms. The van der Waals surface area contributed by atoms with Crippen LogP contribution in [0.5, 0.6) is 0 Å². The Hall–Kier alpha value is -1.13. The highest BCUT2D eigenvalue weighted by Crippen LogP contribution is 2.34. The molecule has 2 aliphatic heterocycles. The number of carbonyl (C=O) groups excluding carboxylic acids is 1. The van der Waals surface area contributed by atoms with E-state index in [4.69, 9.17) is 16.3 Å². The summed E-state index contributed by atoms with van der Waals surface area (Å²) in [5.41, 5.74) is 1.91. The van der Waals surface area contributed by atoms with E-state index in [9.17, 15) is 4.79 Å². The summed E-state index contributed by atoms with van der Waals surface area (Å²) in [6, 6.07) is 2.04. The Balaban J connectivity index is 1.95. The van der Waals surface area contributed by atoms with Crippen LogP contribution >= 0.6 is 11.6 Å². The number of carbonyl (C=O) groups is 1. The first-order valence-corrected chi connectivity index (χ1v) is 6.18. The minimum Gasteiger partial charge on any atom is -0.381 e. The molecule has 0 aromatic carbocycles. The monoisotopic (exact) mass is 252 g/mol. The van der Waals surface area contributed by atoms with Crippen LogP contribution in [0.1, 0.15) is 18.4 Å². The van der Waals surface area contributed by atoms with Crippen molar-refractivity contribution in [2.45, 2.75) is 25.3 Å². The highest BCUT2D eigenvalue weighted by molar-refractivity contribution is 6.29. The third-order valence-electron chi connectivity index (χ3n) is 3.35. The molecule has 0 aliphatic carbocycles. The van der Waals surface area contributed by atoms with Crippen LogP contribution in [0.15, 0.2) is 12.3 Å². The maximum Gasteiger partial charge on any atom is 0.231 e. The number of amides is 1. The third-order valence-corrected chi connectivity index (χ3v) is 3.56. The van der Waals surface area contributed by atoms with Crippen LogP contribution in [-0.2, 0) is 16.0 Å². The van der Waals surface area contributed by atoms with Gasteiger partial charge in [0.25, 0.3) is 0 Å². The quantitative estimate of drug-likeness (QED) is 0.716. The molecule has 0 radical (unpaired) electrons. The summed E-state index contributed by atoms with van der Waals surface area (Å²) in [4.78, 5) is 18.0. The number of rotatable bonds is 1. The number of nitrogens with zero attached hydrogens (tertiary/aromatic N) is 2. The maximum atomic E-state index is 12.1. The Morgan fingerprint density at radius 2 is 2.18 bits per heavy atom. The standard InChI is InChI=1S/C12H13ClN2O2/c13-11-6-10-8(7-14-11)5-12(16)15(10)9-1-3-17-4-2-9/h6-7,9H,1-5H2. The lowest BCUT2D eigenvalue weighted by Gasteiger charge is -2.31. The van der Waals surface area contributed by atoms with E-state index in [1.807, 2.05) is 4.90 Å². The summed E-state index contributed by atoms with van der Waals surface area (Å²) in [5.74, 6) is 0.149. The van der Waals surface area contributed by atoms with Gasteiger partial charge in [-0.3, -0.25) is 4.79 Å². The second-order valence-corrected chi connectivity index (χ2v) is 4.81. The lowest BCUT2D eigenvalue weighted by Crippen LogP contribution is -2.41. The second-order valence-electron chi connectivity index (χ2n) is 4.42. The largest absolute Gasteiger partial charge is 0.381 e. The van der Waals surface area contributed by atoms with Gasteiger partial charge in [0.2, 0.25) is 5.91 Å². The number of hydrogen-bond donors (Lipinski definition) is 0. The average Bonchev–Trinajstić information content (AvgIpc) is 2.65. The molecule has 3 heterocycles. The van der Waals surface area contributed by atoms with Gasteiger partial charge >= 0.3 is 0 Å². The van der Waals surface area contributed by atoms with Gasteiger partial charge in [-0.15, -0.1) is 0 Å². The van der Waals surface area contributed by atoms with Gasteiger partial charge in [0.15, 0.2) is 0 Å². The average molecular weight is 253 g/mol. The molecule has 1 aromatic rings. The van der Waals surface area contributed by atoms with Crippen LogP contribution in [0, 0.1) is 0 Å². The van der Waals surface area contributed by atoms with Gasteiger partial charge in [-0.05, 0) is 18.9 Å². The van der Waals surface area contributed by atoms with Gasteiger partial charge in [-0.25, -0.2) is 4.98 Å². The number of halogens is 1. The number of anilines is 1. The Bertz CT molecular complexity index is 458. The summed E-state index contributed by atoms with van der Waals surface area (Å²) in [6.07, 6.45) is 3.93. The van der Waals surface area contributed by atoms with E-state index in [0.29, 0.717) is 11.6 Å². The molecule has 90 valence electrons. The third kappa shape index (κ3) is 1.91. The molecule has 1 amide bonds. The van der Waals surface area contributed by atoms with Crippen LogP contribution in [0.2, 0.25) is 5.15 Å². The van der Waals surface area contributed by atoms with Crippen LogP contribution in [0.4, 0.5) is 5.69 Å². The number of fused-ring (bicyclic) bond motifs is 1. The van der Waals surface area contributed by atoms with Crippen molar-refractivity contribution in [1.29, 1.82) is 0 Å². The SMILES string of the molecule is O=C1Cc2cnc(Cl)cc2N1C1CCOCC1. The molecule has 4 nitrogen and oxygen atoms in total. The van der Waals surface area contributed by atoms with Crippen LogP contribution in [-0.4, -0.2) is 30.1 Å². The van der Waals surface area contributed by atoms with E-state index in [2.05, 4.69) is 4.98 Å². The summed E-state index contributed by atoms with van der Waals surface area (Å²) < 4.78 is 5.33. The summed E-state index contributed by atoms with van der Waals surface area (Å²) in [5, 5.41) is 0.440. The molecule has 0 spiro atoms. The van der Waals surface area contributed by atoms with Crippen molar-refractivity contribution in [3.05, 3.63) is 23.0 Å². The minimum absolute atomic E-state index is 0.149. The molecule has 3 rings (SSSR count). The topological polar surface area (TPSA) is 42.4 Å². The molecule has 0 atom stereocenters. The Morgan fingerprint density at radius 1 is 1.41 bits per heavy atom. The molecule has 1 aromatic heterocycles. The molecule has 0 N–H and O–H groups in total. The normalized spacial score (nSPS) is 20.8. The molecule has 17 heavy (non-hydrogen) atoms. The van der Waals surface area contributed by atoms with Gasteiger partial charge < -0.3 is 9.64 Å². The maximum absolute atomic E-state index is 12.1. The fourth-order valence-electron chi connectivity index (χ4n) is 2.54. The van der Waals surface area contributed by atoms with Crippen LogP contribution < -0.4 is 4.90 Å². The smallest absolute Gasteiger partial charge is 0.231 e. The first kappa shape index (κ1) is 11.0. The van der Waals surface area contributed by atoms with Crippen molar-refractivity contribution >= 4 is 23.2 Å². The lowest BCUT2D eigenvalue weighted by atomic mass is 10.1. The highest BCUT2D eigenvalue weighted by Gasteiger charge is 2.34. The lowest BCUT2D eigenvalue weighted by molar-refractivity contribution is -0.118. The van der Waals surface area contributed by atoms with E-state index < -0.39 is 0 Å². The van der Waals surface area contributed by atoms with Crippen LogP contribution in [0.25, 0.3) is 0 Å². The number of hydrogen-bond acceptors (Lipinski definition) is 3. The van der Waals surface area contributed by atoms with Crippen molar-refractivity contribution in [2.75, 3.05) is 18.1 Å². The van der Waals surface area contributed by atoms with Crippen molar-refractivity contribution in [3.63, 3.8) is 0 Å². The Kier molecular flexibility index (Phi) is 2.76. The van der Waals surface area contributed by atoms with E-state index in [1.165, 1.54) is 0 Å². The first-order valence-electron chi connectivity index (χ1n) is 5.80. The fraction of sp³-hybridized carbons (Fsp3) is 0.500. The summed E-state index contributed by atoms with van der Waals surface area (Å²) in [7, 11) is 0.